The molecule has 3 atom stereocenters. The molecule has 2 aliphatic rings. The molecule has 2 aromatic heterocycles. The van der Waals surface area contributed by atoms with Crippen LogP contribution >= 0.6 is 0 Å². The lowest BCUT2D eigenvalue weighted by Gasteiger charge is -2.40. The monoisotopic (exact) mass is 523 g/mol. The Labute approximate surface area is 224 Å². The fourth-order valence-corrected chi connectivity index (χ4v) is 6.84. The van der Waals surface area contributed by atoms with Crippen molar-refractivity contribution < 1.29 is 13.5 Å². The Balaban J connectivity index is 1.32. The molecule has 2 saturated carbocycles. The summed E-state index contributed by atoms with van der Waals surface area (Å²) in [6, 6.07) is 28.4. The zero-order valence-corrected chi connectivity index (χ0v) is 21.3. The molecule has 3 aromatic carbocycles. The molecule has 0 spiro atoms. The summed E-state index contributed by atoms with van der Waals surface area (Å²) in [5.41, 5.74) is 4.43. The van der Waals surface area contributed by atoms with Crippen LogP contribution in [0.2, 0.25) is 0 Å². The van der Waals surface area contributed by atoms with E-state index in [0.717, 1.165) is 47.0 Å². The fourth-order valence-electron chi connectivity index (χ4n) is 6.84. The number of tetrazole rings is 1. The summed E-state index contributed by atoms with van der Waals surface area (Å²) in [4.78, 5) is 5.11. The highest BCUT2D eigenvalue weighted by Gasteiger charge is 2.53. The summed E-state index contributed by atoms with van der Waals surface area (Å²) in [7, 11) is 0. The van der Waals surface area contributed by atoms with Gasteiger partial charge in [-0.3, -0.25) is 0 Å². The van der Waals surface area contributed by atoms with Gasteiger partial charge in [0.05, 0.1) is 11.2 Å². The molecule has 7 rings (SSSR count). The van der Waals surface area contributed by atoms with E-state index >= 15 is 0 Å². The van der Waals surface area contributed by atoms with E-state index in [1.54, 1.807) is 0 Å². The number of benzene rings is 3. The number of fused-ring (bicyclic) bond motifs is 3. The van der Waals surface area contributed by atoms with Crippen molar-refractivity contribution in [1.29, 1.82) is 0 Å². The number of alkyl halides is 2. The molecule has 196 valence electrons. The van der Waals surface area contributed by atoms with Crippen LogP contribution in [0, 0.1) is 11.8 Å². The van der Waals surface area contributed by atoms with Crippen LogP contribution in [-0.2, 0) is 12.0 Å². The Hall–Kier alpha value is -4.20. The highest BCUT2D eigenvalue weighted by atomic mass is 19.3. The number of pyridine rings is 1. The van der Waals surface area contributed by atoms with Crippen molar-refractivity contribution in [2.45, 2.75) is 44.3 Å². The van der Waals surface area contributed by atoms with Crippen LogP contribution in [0.4, 0.5) is 8.78 Å². The fraction of sp³-hybridized carbons (Fsp3) is 0.290. The highest BCUT2D eigenvalue weighted by molar-refractivity contribution is 5.78. The van der Waals surface area contributed by atoms with Crippen molar-refractivity contribution >= 4 is 10.9 Å². The van der Waals surface area contributed by atoms with Gasteiger partial charge in [-0.25, -0.2) is 4.98 Å². The third-order valence-electron chi connectivity index (χ3n) is 8.50. The highest BCUT2D eigenvalue weighted by Crippen LogP contribution is 2.61. The molecule has 2 aliphatic carbocycles. The van der Waals surface area contributed by atoms with Gasteiger partial charge in [-0.05, 0) is 77.8 Å². The maximum atomic E-state index is 13.4. The summed E-state index contributed by atoms with van der Waals surface area (Å²) in [5.74, 6) is 1.96. The lowest BCUT2D eigenvalue weighted by atomic mass is 9.63. The smallest absolute Gasteiger partial charge is 0.350 e. The molecule has 0 saturated heterocycles. The van der Waals surface area contributed by atoms with Gasteiger partial charge in [0.1, 0.15) is 12.4 Å². The standard InChI is InChI=1S/C31H27F2N5O/c32-30(33)38-36-29(35-37-38)26-15-14-25(39-19-24-13-11-21-6-4-5-9-28(21)34-24)17-27(26)31(22-7-2-1-3-8-22)18-20-10-12-23(31)16-20/h1-9,11,13-15,17,20,23,30H,10,12,16,18-19H2/t20-,23-,31-/m0/s1. The Morgan fingerprint density at radius 1 is 0.949 bits per heavy atom. The van der Waals surface area contributed by atoms with Gasteiger partial charge in [0.15, 0.2) is 0 Å². The molecule has 8 heteroatoms. The number of hydrogen-bond acceptors (Lipinski definition) is 5. The summed E-state index contributed by atoms with van der Waals surface area (Å²) >= 11 is 0. The number of para-hydroxylation sites is 1. The van der Waals surface area contributed by atoms with E-state index in [1.165, 1.54) is 12.0 Å². The topological polar surface area (TPSA) is 65.7 Å². The van der Waals surface area contributed by atoms with Crippen LogP contribution in [-0.4, -0.2) is 25.2 Å². The first kappa shape index (κ1) is 23.9. The van der Waals surface area contributed by atoms with E-state index in [1.807, 2.05) is 54.6 Å². The lowest BCUT2D eigenvalue weighted by molar-refractivity contribution is 0.0397. The Morgan fingerprint density at radius 3 is 2.56 bits per heavy atom. The van der Waals surface area contributed by atoms with Gasteiger partial charge in [0.25, 0.3) is 0 Å². The molecule has 39 heavy (non-hydrogen) atoms. The minimum atomic E-state index is -2.85. The van der Waals surface area contributed by atoms with Crippen molar-refractivity contribution in [2.75, 3.05) is 0 Å². The van der Waals surface area contributed by atoms with Crippen LogP contribution in [0.25, 0.3) is 22.3 Å². The number of rotatable bonds is 7. The van der Waals surface area contributed by atoms with Crippen molar-refractivity contribution in [2.24, 2.45) is 11.8 Å². The molecule has 0 aliphatic heterocycles. The zero-order chi connectivity index (χ0) is 26.4. The lowest BCUT2D eigenvalue weighted by Crippen LogP contribution is -2.34. The molecule has 0 unspecified atom stereocenters. The molecule has 5 aromatic rings. The molecule has 2 bridgehead atoms. The van der Waals surface area contributed by atoms with Crippen LogP contribution in [0.15, 0.2) is 84.9 Å². The maximum Gasteiger partial charge on any atom is 0.350 e. The van der Waals surface area contributed by atoms with E-state index in [2.05, 4.69) is 45.7 Å². The number of ether oxygens (including phenoxy) is 1. The Morgan fingerprint density at radius 2 is 1.79 bits per heavy atom. The molecule has 6 nitrogen and oxygen atoms in total. The maximum absolute atomic E-state index is 13.4. The second kappa shape index (κ2) is 9.52. The van der Waals surface area contributed by atoms with Gasteiger partial charge >= 0.3 is 6.55 Å². The quantitative estimate of drug-likeness (QED) is 0.231. The first-order chi connectivity index (χ1) is 19.1. The van der Waals surface area contributed by atoms with Gasteiger partial charge < -0.3 is 4.74 Å². The molecular formula is C31H27F2N5O. The summed E-state index contributed by atoms with van der Waals surface area (Å²) in [5, 5.41) is 12.8. The van der Waals surface area contributed by atoms with Gasteiger partial charge in [0, 0.05) is 16.4 Å². The summed E-state index contributed by atoms with van der Waals surface area (Å²) < 4.78 is 33.0. The Kier molecular flexibility index (Phi) is 5.83. The first-order valence-electron chi connectivity index (χ1n) is 13.4. The molecule has 2 heterocycles. The normalized spacial score (nSPS) is 22.1. The minimum Gasteiger partial charge on any atom is -0.487 e. The van der Waals surface area contributed by atoms with Crippen LogP contribution < -0.4 is 4.74 Å². The van der Waals surface area contributed by atoms with Crippen molar-refractivity contribution in [3.8, 4) is 17.1 Å². The molecule has 2 fully saturated rings. The molecule has 0 N–H and O–H groups in total. The molecule has 0 radical (unpaired) electrons. The second-order valence-corrected chi connectivity index (χ2v) is 10.6. The zero-order valence-electron chi connectivity index (χ0n) is 21.3. The largest absolute Gasteiger partial charge is 0.487 e. The summed E-state index contributed by atoms with van der Waals surface area (Å²) in [6.45, 7) is -2.54. The Bertz CT molecular complexity index is 1640. The van der Waals surface area contributed by atoms with Crippen LogP contribution in [0.3, 0.4) is 0 Å². The molecular weight excluding hydrogens is 496 g/mol. The van der Waals surface area contributed by atoms with Crippen LogP contribution in [0.5, 0.6) is 5.75 Å². The minimum absolute atomic E-state index is 0.200. The number of halogens is 2. The van der Waals surface area contributed by atoms with E-state index in [4.69, 9.17) is 9.72 Å². The summed E-state index contributed by atoms with van der Waals surface area (Å²) in [6.07, 6.45) is 4.49. The number of nitrogens with zero attached hydrogens (tertiary/aromatic N) is 5. The van der Waals surface area contributed by atoms with Crippen molar-refractivity contribution in [1.82, 2.24) is 25.2 Å². The van der Waals surface area contributed by atoms with E-state index in [0.29, 0.717) is 29.0 Å². The number of hydrogen-bond donors (Lipinski definition) is 0. The predicted molar refractivity (Wildman–Crippen MR) is 143 cm³/mol. The van der Waals surface area contributed by atoms with Crippen molar-refractivity contribution in [3.63, 3.8) is 0 Å². The average Bonchev–Trinajstić information content (AvgIpc) is 3.74. The number of aromatic nitrogens is 5. The van der Waals surface area contributed by atoms with Gasteiger partial charge in [-0.1, -0.05) is 65.8 Å². The SMILES string of the molecule is FC(F)n1nnc(-c2ccc(OCc3ccc4ccccc4n3)cc2[C@]2(c3ccccc3)C[C@H]3CC[C@H]2C3)n1. The predicted octanol–water partition coefficient (Wildman–Crippen LogP) is 6.97. The average molecular weight is 524 g/mol. The van der Waals surface area contributed by atoms with Crippen LogP contribution in [0.1, 0.15) is 49.1 Å². The van der Waals surface area contributed by atoms with Gasteiger partial charge in [-0.15, -0.1) is 10.2 Å². The third kappa shape index (κ3) is 4.15. The van der Waals surface area contributed by atoms with Gasteiger partial charge in [0.2, 0.25) is 5.82 Å². The van der Waals surface area contributed by atoms with E-state index in [-0.39, 0.29) is 11.2 Å². The third-order valence-corrected chi connectivity index (χ3v) is 8.50. The van der Waals surface area contributed by atoms with Crippen molar-refractivity contribution in [3.05, 3.63) is 102 Å². The second-order valence-electron chi connectivity index (χ2n) is 10.6. The molecule has 0 amide bonds. The van der Waals surface area contributed by atoms with E-state index < -0.39 is 6.55 Å². The van der Waals surface area contributed by atoms with E-state index in [9.17, 15) is 8.78 Å². The first-order valence-corrected chi connectivity index (χ1v) is 13.4. The van der Waals surface area contributed by atoms with Gasteiger partial charge in [-0.2, -0.15) is 8.78 Å².